The molecule has 2 aromatic carbocycles. The number of hydrogen-bond acceptors (Lipinski definition) is 3. The SMILES string of the molecule is CC.CCCOC(=O)Nc1ccc(-c2c(C#N)c3cc(Cl)ccc3n2C)cc1. The van der Waals surface area contributed by atoms with Crippen LogP contribution in [0.2, 0.25) is 5.02 Å². The molecule has 0 spiro atoms. The smallest absolute Gasteiger partial charge is 0.411 e. The Balaban J connectivity index is 0.00000136. The van der Waals surface area contributed by atoms with Gasteiger partial charge in [-0.3, -0.25) is 5.32 Å². The summed E-state index contributed by atoms with van der Waals surface area (Å²) in [5, 5.41) is 13.8. The van der Waals surface area contributed by atoms with Crippen molar-refractivity contribution >= 4 is 34.3 Å². The first-order valence-corrected chi connectivity index (χ1v) is 9.65. The summed E-state index contributed by atoms with van der Waals surface area (Å²) in [7, 11) is 1.92. The van der Waals surface area contributed by atoms with Gasteiger partial charge in [-0.25, -0.2) is 4.79 Å². The molecule has 3 aromatic rings. The van der Waals surface area contributed by atoms with Gasteiger partial charge in [-0.15, -0.1) is 0 Å². The van der Waals surface area contributed by atoms with Crippen molar-refractivity contribution in [3.63, 3.8) is 0 Å². The van der Waals surface area contributed by atoms with Gasteiger partial charge in [0.25, 0.3) is 0 Å². The van der Waals surface area contributed by atoms with E-state index in [0.717, 1.165) is 28.6 Å². The maximum Gasteiger partial charge on any atom is 0.411 e. The molecule has 0 aliphatic heterocycles. The zero-order valence-electron chi connectivity index (χ0n) is 16.5. The molecule has 6 heteroatoms. The summed E-state index contributed by atoms with van der Waals surface area (Å²) in [6, 6.07) is 15.1. The zero-order chi connectivity index (χ0) is 20.7. The van der Waals surface area contributed by atoms with Gasteiger partial charge in [-0.2, -0.15) is 5.26 Å². The van der Waals surface area contributed by atoms with Gasteiger partial charge in [0, 0.05) is 28.7 Å². The van der Waals surface area contributed by atoms with E-state index in [4.69, 9.17) is 16.3 Å². The van der Waals surface area contributed by atoms with Crippen molar-refractivity contribution < 1.29 is 9.53 Å². The second-order valence-electron chi connectivity index (χ2n) is 5.89. The summed E-state index contributed by atoms with van der Waals surface area (Å²) in [5.74, 6) is 0. The third kappa shape index (κ3) is 4.47. The van der Waals surface area contributed by atoms with Gasteiger partial charge in [0.15, 0.2) is 0 Å². The molecule has 1 heterocycles. The Labute approximate surface area is 170 Å². The van der Waals surface area contributed by atoms with Gasteiger partial charge >= 0.3 is 6.09 Å². The molecule has 28 heavy (non-hydrogen) atoms. The predicted molar refractivity (Wildman–Crippen MR) is 115 cm³/mol. The second kappa shape index (κ2) is 9.82. The summed E-state index contributed by atoms with van der Waals surface area (Å²) in [6.45, 7) is 6.32. The standard InChI is InChI=1S/C20H18ClN3O2.C2H6/c1-3-10-26-20(25)23-15-7-4-13(5-8-15)19-17(12-22)16-11-14(21)6-9-18(16)24(19)2;1-2/h4-9,11H,3,10H2,1-2H3,(H,23,25);1-2H3. The molecule has 1 aromatic heterocycles. The minimum atomic E-state index is -0.475. The molecular formula is C22H24ClN3O2. The average Bonchev–Trinajstić information content (AvgIpc) is 2.99. The first-order valence-electron chi connectivity index (χ1n) is 9.27. The molecule has 1 N–H and O–H groups in total. The number of fused-ring (bicyclic) bond motifs is 1. The predicted octanol–water partition coefficient (Wildman–Crippen LogP) is 6.36. The van der Waals surface area contributed by atoms with Crippen LogP contribution in [0, 0.1) is 11.3 Å². The van der Waals surface area contributed by atoms with Gasteiger partial charge in [0.1, 0.15) is 6.07 Å². The first kappa shape index (κ1) is 21.3. The molecule has 3 rings (SSSR count). The lowest BCUT2D eigenvalue weighted by Crippen LogP contribution is -2.13. The Morgan fingerprint density at radius 1 is 1.21 bits per heavy atom. The van der Waals surface area contributed by atoms with Crippen LogP contribution in [0.25, 0.3) is 22.2 Å². The minimum Gasteiger partial charge on any atom is -0.449 e. The molecule has 5 nitrogen and oxygen atoms in total. The van der Waals surface area contributed by atoms with E-state index < -0.39 is 6.09 Å². The van der Waals surface area contributed by atoms with E-state index in [2.05, 4.69) is 11.4 Å². The Morgan fingerprint density at radius 3 is 2.50 bits per heavy atom. The van der Waals surface area contributed by atoms with Gasteiger partial charge in [-0.05, 0) is 42.3 Å². The van der Waals surface area contributed by atoms with Crippen LogP contribution in [0.5, 0.6) is 0 Å². The molecule has 0 saturated carbocycles. The van der Waals surface area contributed by atoms with Crippen LogP contribution in [-0.2, 0) is 11.8 Å². The summed E-state index contributed by atoms with van der Waals surface area (Å²) in [5.41, 5.74) is 3.84. The second-order valence-corrected chi connectivity index (χ2v) is 6.33. The van der Waals surface area contributed by atoms with Crippen molar-refractivity contribution in [3.8, 4) is 17.3 Å². The highest BCUT2D eigenvalue weighted by Crippen LogP contribution is 2.34. The molecule has 0 atom stereocenters. The molecule has 0 fully saturated rings. The molecular weight excluding hydrogens is 374 g/mol. The maximum atomic E-state index is 11.6. The summed E-state index contributed by atoms with van der Waals surface area (Å²) in [6.07, 6.45) is 0.297. The quantitative estimate of drug-likeness (QED) is 0.557. The van der Waals surface area contributed by atoms with Crippen LogP contribution in [0.15, 0.2) is 42.5 Å². The summed E-state index contributed by atoms with van der Waals surface area (Å²) in [4.78, 5) is 11.6. The number of anilines is 1. The van der Waals surface area contributed by atoms with E-state index in [1.807, 2.05) is 56.7 Å². The molecule has 0 aliphatic rings. The van der Waals surface area contributed by atoms with Crippen molar-refractivity contribution in [1.29, 1.82) is 5.26 Å². The monoisotopic (exact) mass is 397 g/mol. The lowest BCUT2D eigenvalue weighted by atomic mass is 10.1. The van der Waals surface area contributed by atoms with Crippen LogP contribution < -0.4 is 5.32 Å². The number of halogens is 1. The lowest BCUT2D eigenvalue weighted by Gasteiger charge is -2.08. The fourth-order valence-corrected chi connectivity index (χ4v) is 3.10. The van der Waals surface area contributed by atoms with Crippen molar-refractivity contribution in [2.45, 2.75) is 27.2 Å². The van der Waals surface area contributed by atoms with Gasteiger partial charge in [0.2, 0.25) is 0 Å². The number of carbonyl (C=O) groups excluding carboxylic acids is 1. The van der Waals surface area contributed by atoms with Crippen molar-refractivity contribution in [3.05, 3.63) is 53.1 Å². The molecule has 0 bridgehead atoms. The third-order valence-corrected chi connectivity index (χ3v) is 4.35. The molecule has 0 aliphatic carbocycles. The third-order valence-electron chi connectivity index (χ3n) is 4.12. The number of amides is 1. The Morgan fingerprint density at radius 2 is 1.89 bits per heavy atom. The maximum absolute atomic E-state index is 11.6. The van der Waals surface area contributed by atoms with E-state index >= 15 is 0 Å². The number of aromatic nitrogens is 1. The zero-order valence-corrected chi connectivity index (χ0v) is 17.3. The largest absolute Gasteiger partial charge is 0.449 e. The van der Waals surface area contributed by atoms with Gasteiger partial charge in [0.05, 0.1) is 17.9 Å². The van der Waals surface area contributed by atoms with Crippen molar-refractivity contribution in [2.24, 2.45) is 7.05 Å². The Hall–Kier alpha value is -2.97. The summed E-state index contributed by atoms with van der Waals surface area (Å²) < 4.78 is 6.98. The van der Waals surface area contributed by atoms with Crippen LogP contribution in [0.4, 0.5) is 10.5 Å². The number of aryl methyl sites for hydroxylation is 1. The number of rotatable bonds is 4. The first-order chi connectivity index (χ1) is 13.5. The van der Waals surface area contributed by atoms with E-state index in [9.17, 15) is 10.1 Å². The summed E-state index contributed by atoms with van der Waals surface area (Å²) >= 11 is 6.09. The number of ether oxygens (including phenoxy) is 1. The number of benzene rings is 2. The highest BCUT2D eigenvalue weighted by molar-refractivity contribution is 6.31. The van der Waals surface area contributed by atoms with Crippen LogP contribution in [0.3, 0.4) is 0 Å². The number of nitriles is 1. The fourth-order valence-electron chi connectivity index (χ4n) is 2.93. The highest BCUT2D eigenvalue weighted by Gasteiger charge is 2.17. The molecule has 1 amide bonds. The number of hydrogen-bond donors (Lipinski definition) is 1. The number of nitrogens with one attached hydrogen (secondary N) is 1. The number of nitrogens with zero attached hydrogens (tertiary/aromatic N) is 2. The average molecular weight is 398 g/mol. The molecule has 0 unspecified atom stereocenters. The van der Waals surface area contributed by atoms with E-state index in [1.54, 1.807) is 18.2 Å². The molecule has 0 radical (unpaired) electrons. The van der Waals surface area contributed by atoms with Crippen molar-refractivity contribution in [1.82, 2.24) is 4.57 Å². The van der Waals surface area contributed by atoms with Crippen LogP contribution in [0.1, 0.15) is 32.8 Å². The van der Waals surface area contributed by atoms with Gasteiger partial charge in [-0.1, -0.05) is 44.5 Å². The van der Waals surface area contributed by atoms with E-state index in [1.165, 1.54) is 0 Å². The topological polar surface area (TPSA) is 67.0 Å². The fraction of sp³-hybridized carbons (Fsp3) is 0.273. The van der Waals surface area contributed by atoms with Crippen molar-refractivity contribution in [2.75, 3.05) is 11.9 Å². The van der Waals surface area contributed by atoms with Crippen LogP contribution in [-0.4, -0.2) is 17.3 Å². The normalized spacial score (nSPS) is 10.0. The van der Waals surface area contributed by atoms with Gasteiger partial charge < -0.3 is 9.30 Å². The van der Waals surface area contributed by atoms with Crippen LogP contribution >= 0.6 is 11.6 Å². The molecule has 146 valence electrons. The molecule has 0 saturated heterocycles. The minimum absolute atomic E-state index is 0.383. The van der Waals surface area contributed by atoms with E-state index in [-0.39, 0.29) is 0 Å². The Bertz CT molecular complexity index is 1000. The lowest BCUT2D eigenvalue weighted by molar-refractivity contribution is 0.161. The van der Waals surface area contributed by atoms with E-state index in [0.29, 0.717) is 22.9 Å². The highest BCUT2D eigenvalue weighted by atomic mass is 35.5. The Kier molecular flexibility index (Phi) is 7.48. The number of carbonyl (C=O) groups is 1.